The molecular weight excluding hydrogens is 404 g/mol. The SMILES string of the molecule is CC.CCC.CCC.CCC.CCc1ccc(OCCCCOc2ccc(CC)cc2)cc1. The molecule has 0 aliphatic rings. The van der Waals surface area contributed by atoms with Gasteiger partial charge in [-0.2, -0.15) is 0 Å². The second kappa shape index (κ2) is 30.0. The first-order valence-electron chi connectivity index (χ1n) is 13.5. The molecule has 0 aromatic heterocycles. The molecule has 2 aromatic carbocycles. The Morgan fingerprint density at radius 1 is 0.455 bits per heavy atom. The van der Waals surface area contributed by atoms with E-state index in [2.05, 4.69) is 79.7 Å². The lowest BCUT2D eigenvalue weighted by molar-refractivity contribution is 0.266. The third-order valence-electron chi connectivity index (χ3n) is 3.74. The molecule has 0 N–H and O–H groups in total. The Bertz CT molecular complexity index is 517. The van der Waals surface area contributed by atoms with Gasteiger partial charge in [0.2, 0.25) is 0 Å². The van der Waals surface area contributed by atoms with Crippen molar-refractivity contribution in [2.75, 3.05) is 13.2 Å². The Morgan fingerprint density at radius 3 is 0.909 bits per heavy atom. The fourth-order valence-electron chi connectivity index (χ4n) is 2.23. The van der Waals surface area contributed by atoms with E-state index < -0.39 is 0 Å². The Morgan fingerprint density at radius 2 is 0.697 bits per heavy atom. The quantitative estimate of drug-likeness (QED) is 0.346. The Balaban J connectivity index is -0.000000697. The maximum atomic E-state index is 5.73. The minimum absolute atomic E-state index is 0.740. The van der Waals surface area contributed by atoms with Crippen LogP contribution in [-0.4, -0.2) is 13.2 Å². The van der Waals surface area contributed by atoms with Crippen LogP contribution < -0.4 is 9.47 Å². The van der Waals surface area contributed by atoms with Gasteiger partial charge in [0, 0.05) is 0 Å². The van der Waals surface area contributed by atoms with Crippen LogP contribution in [0.1, 0.15) is 112 Å². The molecule has 0 aliphatic heterocycles. The topological polar surface area (TPSA) is 18.5 Å². The van der Waals surface area contributed by atoms with Gasteiger partial charge in [-0.15, -0.1) is 0 Å². The molecule has 0 saturated carbocycles. The van der Waals surface area contributed by atoms with E-state index in [1.807, 2.05) is 38.1 Å². The van der Waals surface area contributed by atoms with Gasteiger partial charge in [0.05, 0.1) is 13.2 Å². The maximum Gasteiger partial charge on any atom is 0.119 e. The zero-order chi connectivity index (χ0) is 25.7. The van der Waals surface area contributed by atoms with Gasteiger partial charge in [-0.1, -0.05) is 113 Å². The van der Waals surface area contributed by atoms with Gasteiger partial charge >= 0.3 is 0 Å². The van der Waals surface area contributed by atoms with E-state index in [-0.39, 0.29) is 0 Å². The summed E-state index contributed by atoms with van der Waals surface area (Å²) in [5.41, 5.74) is 2.68. The Hall–Kier alpha value is -1.96. The number of hydrogen-bond donors (Lipinski definition) is 0. The molecule has 2 nitrogen and oxygen atoms in total. The Labute approximate surface area is 208 Å². The van der Waals surface area contributed by atoms with Crippen LogP contribution in [0, 0.1) is 0 Å². The average Bonchev–Trinajstić information content (AvgIpc) is 2.85. The summed E-state index contributed by atoms with van der Waals surface area (Å²) >= 11 is 0. The molecule has 2 heteroatoms. The monoisotopic (exact) mass is 460 g/mol. The summed E-state index contributed by atoms with van der Waals surface area (Å²) < 4.78 is 11.5. The van der Waals surface area contributed by atoms with E-state index in [1.165, 1.54) is 30.4 Å². The zero-order valence-electron chi connectivity index (χ0n) is 23.8. The van der Waals surface area contributed by atoms with Crippen LogP contribution in [0.3, 0.4) is 0 Å². The van der Waals surface area contributed by atoms with Gasteiger partial charge in [-0.25, -0.2) is 0 Å². The van der Waals surface area contributed by atoms with Crippen molar-refractivity contribution in [1.29, 1.82) is 0 Å². The number of ether oxygens (including phenoxy) is 2. The fourth-order valence-corrected chi connectivity index (χ4v) is 2.23. The van der Waals surface area contributed by atoms with Crippen molar-refractivity contribution in [2.45, 2.75) is 114 Å². The first kappa shape index (κ1) is 35.6. The molecule has 0 bridgehead atoms. The van der Waals surface area contributed by atoms with Crippen LogP contribution in [-0.2, 0) is 12.8 Å². The van der Waals surface area contributed by atoms with Crippen molar-refractivity contribution in [3.05, 3.63) is 59.7 Å². The summed E-state index contributed by atoms with van der Waals surface area (Å²) in [7, 11) is 0. The summed E-state index contributed by atoms with van der Waals surface area (Å²) in [4.78, 5) is 0. The highest BCUT2D eigenvalue weighted by Crippen LogP contribution is 2.14. The van der Waals surface area contributed by atoms with Gasteiger partial charge in [-0.3, -0.25) is 0 Å². The van der Waals surface area contributed by atoms with Crippen LogP contribution in [0.15, 0.2) is 48.5 Å². The number of aryl methyl sites for hydroxylation is 2. The summed E-state index contributed by atoms with van der Waals surface area (Å²) in [6.07, 6.45) is 7.89. The first-order chi connectivity index (χ1) is 16.1. The van der Waals surface area contributed by atoms with Crippen molar-refractivity contribution < 1.29 is 9.47 Å². The van der Waals surface area contributed by atoms with Crippen LogP contribution in [0.2, 0.25) is 0 Å². The van der Waals surface area contributed by atoms with Crippen LogP contribution >= 0.6 is 0 Å². The van der Waals surface area contributed by atoms with Crippen LogP contribution in [0.5, 0.6) is 11.5 Å². The molecule has 0 heterocycles. The van der Waals surface area contributed by atoms with Gasteiger partial charge in [0.1, 0.15) is 11.5 Å². The molecule has 192 valence electrons. The number of rotatable bonds is 9. The van der Waals surface area contributed by atoms with E-state index in [0.29, 0.717) is 0 Å². The molecule has 0 saturated heterocycles. The number of benzene rings is 2. The van der Waals surface area contributed by atoms with Crippen LogP contribution in [0.4, 0.5) is 0 Å². The predicted octanol–water partition coefficient (Wildman–Crippen LogP) is 10.3. The lowest BCUT2D eigenvalue weighted by atomic mass is 10.2. The van der Waals surface area contributed by atoms with Crippen molar-refractivity contribution in [3.8, 4) is 11.5 Å². The minimum Gasteiger partial charge on any atom is -0.494 e. The predicted molar refractivity (Wildman–Crippen MR) is 151 cm³/mol. The third-order valence-corrected chi connectivity index (χ3v) is 3.74. The largest absolute Gasteiger partial charge is 0.494 e. The normalized spacial score (nSPS) is 8.79. The van der Waals surface area contributed by atoms with Crippen LogP contribution in [0.25, 0.3) is 0 Å². The number of hydrogen-bond acceptors (Lipinski definition) is 2. The molecule has 0 unspecified atom stereocenters. The van der Waals surface area contributed by atoms with E-state index in [0.717, 1.165) is 50.4 Å². The van der Waals surface area contributed by atoms with Gasteiger partial charge in [0.25, 0.3) is 0 Å². The molecule has 0 atom stereocenters. The van der Waals surface area contributed by atoms with Gasteiger partial charge in [0.15, 0.2) is 0 Å². The highest BCUT2D eigenvalue weighted by molar-refractivity contribution is 5.27. The number of unbranched alkanes of at least 4 members (excludes halogenated alkanes) is 1. The van der Waals surface area contributed by atoms with Crippen molar-refractivity contribution in [2.24, 2.45) is 0 Å². The Kier molecular flexibility index (Phi) is 32.4. The summed E-state index contributed by atoms with van der Waals surface area (Å²) in [6.45, 7) is 22.5. The minimum atomic E-state index is 0.740. The maximum absolute atomic E-state index is 5.73. The molecule has 0 amide bonds. The second-order valence-electron chi connectivity index (χ2n) is 7.52. The lowest BCUT2D eigenvalue weighted by Gasteiger charge is -2.08. The second-order valence-corrected chi connectivity index (χ2v) is 7.52. The van der Waals surface area contributed by atoms with Gasteiger partial charge in [-0.05, 0) is 61.1 Å². The fraction of sp³-hybridized carbons (Fsp3) is 0.613. The van der Waals surface area contributed by atoms with E-state index >= 15 is 0 Å². The highest BCUT2D eigenvalue weighted by Gasteiger charge is 1.97. The molecule has 2 rings (SSSR count). The average molecular weight is 461 g/mol. The molecule has 0 spiro atoms. The summed E-state index contributed by atoms with van der Waals surface area (Å²) in [6, 6.07) is 16.7. The van der Waals surface area contributed by atoms with Gasteiger partial charge < -0.3 is 9.47 Å². The van der Waals surface area contributed by atoms with Crippen molar-refractivity contribution in [1.82, 2.24) is 0 Å². The highest BCUT2D eigenvalue weighted by atomic mass is 16.5. The van der Waals surface area contributed by atoms with E-state index in [9.17, 15) is 0 Å². The zero-order valence-corrected chi connectivity index (χ0v) is 23.8. The molecule has 33 heavy (non-hydrogen) atoms. The first-order valence-corrected chi connectivity index (χ1v) is 13.5. The van der Waals surface area contributed by atoms with E-state index in [1.54, 1.807) is 0 Å². The standard InChI is InChI=1S/C20H26O2.3C3H8.C2H6/c1-3-17-7-11-19(12-8-17)21-15-5-6-16-22-20-13-9-18(4-2)10-14-20;3*1-3-2;1-2/h7-14H,3-6,15-16H2,1-2H3;3*3H2,1-2H3;1-2H3. The molecule has 2 aromatic rings. The molecular formula is C31H56O2. The summed E-state index contributed by atoms with van der Waals surface area (Å²) in [5.74, 6) is 1.90. The molecule has 0 fully saturated rings. The van der Waals surface area contributed by atoms with Crippen molar-refractivity contribution in [3.63, 3.8) is 0 Å². The summed E-state index contributed by atoms with van der Waals surface area (Å²) in [5, 5.41) is 0. The molecule has 0 aliphatic carbocycles. The van der Waals surface area contributed by atoms with Crippen molar-refractivity contribution >= 4 is 0 Å². The molecule has 0 radical (unpaired) electrons. The third kappa shape index (κ3) is 24.5. The lowest BCUT2D eigenvalue weighted by Crippen LogP contribution is -2.02. The smallest absolute Gasteiger partial charge is 0.119 e. The van der Waals surface area contributed by atoms with E-state index in [4.69, 9.17) is 9.47 Å².